The summed E-state index contributed by atoms with van der Waals surface area (Å²) in [5.41, 5.74) is 2.25. The standard InChI is InChI=1S/C20H24N6/c1-15(2)26-14-23-24-20(26)18-4-3-11-25(13-18)19-6-5-17(12-22-19)16-7-9-21-10-8-16/h5-10,12,14-15,18H,3-4,11,13H2,1-2H3. The van der Waals surface area contributed by atoms with Crippen LogP contribution in [0.15, 0.2) is 49.2 Å². The Hall–Kier alpha value is -2.76. The predicted molar refractivity (Wildman–Crippen MR) is 102 cm³/mol. The van der Waals surface area contributed by atoms with Crippen LogP contribution in [0.2, 0.25) is 0 Å². The van der Waals surface area contributed by atoms with E-state index >= 15 is 0 Å². The Morgan fingerprint density at radius 3 is 2.65 bits per heavy atom. The fourth-order valence-electron chi connectivity index (χ4n) is 3.63. The zero-order valence-electron chi connectivity index (χ0n) is 15.3. The molecule has 0 bridgehead atoms. The lowest BCUT2D eigenvalue weighted by molar-refractivity contribution is 0.453. The highest BCUT2D eigenvalue weighted by Crippen LogP contribution is 2.30. The molecule has 0 N–H and O–H groups in total. The maximum atomic E-state index is 4.71. The molecule has 3 aromatic rings. The van der Waals surface area contributed by atoms with Crippen molar-refractivity contribution in [1.82, 2.24) is 24.7 Å². The molecule has 1 aliphatic heterocycles. The lowest BCUT2D eigenvalue weighted by Gasteiger charge is -2.33. The average Bonchev–Trinajstić information content (AvgIpc) is 3.19. The van der Waals surface area contributed by atoms with Crippen LogP contribution in [-0.4, -0.2) is 37.8 Å². The van der Waals surface area contributed by atoms with E-state index in [-0.39, 0.29) is 0 Å². The molecule has 1 fully saturated rings. The minimum atomic E-state index is 0.383. The molecule has 0 amide bonds. The van der Waals surface area contributed by atoms with E-state index < -0.39 is 0 Å². The van der Waals surface area contributed by atoms with Crippen molar-refractivity contribution in [3.05, 3.63) is 55.0 Å². The van der Waals surface area contributed by atoms with E-state index in [4.69, 9.17) is 4.98 Å². The molecule has 134 valence electrons. The molecule has 1 aliphatic rings. The first kappa shape index (κ1) is 16.7. The first-order chi connectivity index (χ1) is 12.7. The van der Waals surface area contributed by atoms with Gasteiger partial charge in [0.1, 0.15) is 18.0 Å². The molecule has 4 heterocycles. The molecular weight excluding hydrogens is 324 g/mol. The van der Waals surface area contributed by atoms with Crippen LogP contribution in [0.1, 0.15) is 44.5 Å². The zero-order valence-corrected chi connectivity index (χ0v) is 15.3. The Balaban J connectivity index is 1.52. The highest BCUT2D eigenvalue weighted by molar-refractivity contribution is 5.63. The van der Waals surface area contributed by atoms with E-state index in [0.29, 0.717) is 12.0 Å². The van der Waals surface area contributed by atoms with Gasteiger partial charge in [-0.2, -0.15) is 0 Å². The highest BCUT2D eigenvalue weighted by atomic mass is 15.3. The second-order valence-corrected chi connectivity index (χ2v) is 7.12. The van der Waals surface area contributed by atoms with Crippen LogP contribution in [0.5, 0.6) is 0 Å². The summed E-state index contributed by atoms with van der Waals surface area (Å²) in [7, 11) is 0. The highest BCUT2D eigenvalue weighted by Gasteiger charge is 2.26. The van der Waals surface area contributed by atoms with Gasteiger partial charge in [0.05, 0.1) is 0 Å². The molecule has 4 rings (SSSR count). The van der Waals surface area contributed by atoms with Gasteiger partial charge in [0, 0.05) is 49.2 Å². The molecule has 6 nitrogen and oxygen atoms in total. The summed E-state index contributed by atoms with van der Waals surface area (Å²) in [5, 5.41) is 8.54. The third-order valence-corrected chi connectivity index (χ3v) is 5.03. The van der Waals surface area contributed by atoms with E-state index in [1.165, 1.54) is 0 Å². The number of aromatic nitrogens is 5. The van der Waals surface area contributed by atoms with Crippen molar-refractivity contribution in [3.63, 3.8) is 0 Å². The minimum absolute atomic E-state index is 0.383. The van der Waals surface area contributed by atoms with E-state index in [1.54, 1.807) is 0 Å². The fraction of sp³-hybridized carbons (Fsp3) is 0.400. The Morgan fingerprint density at radius 1 is 1.08 bits per heavy atom. The molecule has 1 atom stereocenters. The van der Waals surface area contributed by atoms with E-state index in [9.17, 15) is 0 Å². The summed E-state index contributed by atoms with van der Waals surface area (Å²) in [6.07, 6.45) is 9.71. The lowest BCUT2D eigenvalue weighted by atomic mass is 9.96. The van der Waals surface area contributed by atoms with Gasteiger partial charge in [-0.25, -0.2) is 4.98 Å². The largest absolute Gasteiger partial charge is 0.356 e. The second kappa shape index (κ2) is 7.23. The third kappa shape index (κ3) is 3.31. The summed E-state index contributed by atoms with van der Waals surface area (Å²) in [4.78, 5) is 11.2. The lowest BCUT2D eigenvalue weighted by Crippen LogP contribution is -2.36. The van der Waals surface area contributed by atoms with Gasteiger partial charge in [-0.1, -0.05) is 0 Å². The number of nitrogens with zero attached hydrogens (tertiary/aromatic N) is 6. The molecular formula is C20H24N6. The van der Waals surface area contributed by atoms with Gasteiger partial charge in [0.25, 0.3) is 0 Å². The smallest absolute Gasteiger partial charge is 0.137 e. The molecule has 26 heavy (non-hydrogen) atoms. The molecule has 1 unspecified atom stereocenters. The number of hydrogen-bond donors (Lipinski definition) is 0. The van der Waals surface area contributed by atoms with Crippen molar-refractivity contribution < 1.29 is 0 Å². The van der Waals surface area contributed by atoms with Gasteiger partial charge in [0.2, 0.25) is 0 Å². The SMILES string of the molecule is CC(C)n1cnnc1C1CCCN(c2ccc(-c3ccncc3)cn2)C1. The van der Waals surface area contributed by atoms with Crippen molar-refractivity contribution in [1.29, 1.82) is 0 Å². The van der Waals surface area contributed by atoms with Crippen LogP contribution in [0.25, 0.3) is 11.1 Å². The quantitative estimate of drug-likeness (QED) is 0.719. The fourth-order valence-corrected chi connectivity index (χ4v) is 3.63. The van der Waals surface area contributed by atoms with Gasteiger partial charge in [-0.3, -0.25) is 4.98 Å². The molecule has 0 aromatic carbocycles. The molecule has 0 spiro atoms. The van der Waals surface area contributed by atoms with Crippen molar-refractivity contribution in [2.45, 2.75) is 38.6 Å². The Bertz CT molecular complexity index is 840. The molecule has 6 heteroatoms. The number of rotatable bonds is 4. The van der Waals surface area contributed by atoms with Gasteiger partial charge >= 0.3 is 0 Å². The number of hydrogen-bond acceptors (Lipinski definition) is 5. The van der Waals surface area contributed by atoms with Crippen LogP contribution >= 0.6 is 0 Å². The summed E-state index contributed by atoms with van der Waals surface area (Å²) < 4.78 is 2.19. The predicted octanol–water partition coefficient (Wildman–Crippen LogP) is 3.70. The molecule has 0 aliphatic carbocycles. The van der Waals surface area contributed by atoms with Gasteiger partial charge < -0.3 is 9.47 Å². The van der Waals surface area contributed by atoms with Crippen molar-refractivity contribution in [3.8, 4) is 11.1 Å². The monoisotopic (exact) mass is 348 g/mol. The number of piperidine rings is 1. The van der Waals surface area contributed by atoms with Crippen LogP contribution in [-0.2, 0) is 0 Å². The maximum Gasteiger partial charge on any atom is 0.137 e. The van der Waals surface area contributed by atoms with E-state index in [1.807, 2.05) is 37.1 Å². The molecule has 0 radical (unpaired) electrons. The van der Waals surface area contributed by atoms with Crippen LogP contribution < -0.4 is 4.90 Å². The third-order valence-electron chi connectivity index (χ3n) is 5.03. The van der Waals surface area contributed by atoms with E-state index in [2.05, 4.69) is 50.6 Å². The van der Waals surface area contributed by atoms with Crippen LogP contribution in [0.3, 0.4) is 0 Å². The van der Waals surface area contributed by atoms with E-state index in [0.717, 1.165) is 48.7 Å². The zero-order chi connectivity index (χ0) is 17.9. The van der Waals surface area contributed by atoms with Crippen LogP contribution in [0.4, 0.5) is 5.82 Å². The Morgan fingerprint density at radius 2 is 1.92 bits per heavy atom. The number of anilines is 1. The summed E-state index contributed by atoms with van der Waals surface area (Å²) in [6, 6.07) is 8.65. The minimum Gasteiger partial charge on any atom is -0.356 e. The van der Waals surface area contributed by atoms with Gasteiger partial charge in [0.15, 0.2) is 0 Å². The van der Waals surface area contributed by atoms with Crippen molar-refractivity contribution in [2.75, 3.05) is 18.0 Å². The number of pyridine rings is 2. The normalized spacial score (nSPS) is 17.7. The van der Waals surface area contributed by atoms with Crippen LogP contribution in [0, 0.1) is 0 Å². The Labute approximate surface area is 153 Å². The summed E-state index contributed by atoms with van der Waals surface area (Å²) >= 11 is 0. The van der Waals surface area contributed by atoms with Crippen molar-refractivity contribution in [2.24, 2.45) is 0 Å². The first-order valence-corrected chi connectivity index (χ1v) is 9.23. The molecule has 3 aromatic heterocycles. The first-order valence-electron chi connectivity index (χ1n) is 9.23. The molecule has 1 saturated heterocycles. The molecule has 0 saturated carbocycles. The second-order valence-electron chi connectivity index (χ2n) is 7.12. The topological polar surface area (TPSA) is 59.7 Å². The van der Waals surface area contributed by atoms with Crippen molar-refractivity contribution >= 4 is 5.82 Å². The Kier molecular flexibility index (Phi) is 4.65. The summed E-state index contributed by atoms with van der Waals surface area (Å²) in [6.45, 7) is 6.32. The average molecular weight is 348 g/mol. The maximum absolute atomic E-state index is 4.71. The van der Waals surface area contributed by atoms with Gasteiger partial charge in [-0.15, -0.1) is 10.2 Å². The summed E-state index contributed by atoms with van der Waals surface area (Å²) in [5.74, 6) is 2.52. The van der Waals surface area contributed by atoms with Gasteiger partial charge in [-0.05, 0) is 56.5 Å².